The van der Waals surface area contributed by atoms with E-state index in [4.69, 9.17) is 11.6 Å². The van der Waals surface area contributed by atoms with E-state index < -0.39 is 0 Å². The summed E-state index contributed by atoms with van der Waals surface area (Å²) in [5.41, 5.74) is 1.25. The van der Waals surface area contributed by atoms with Crippen LogP contribution >= 0.6 is 11.6 Å². The number of nitrogens with one attached hydrogen (secondary N) is 1. The van der Waals surface area contributed by atoms with E-state index in [0.717, 1.165) is 37.5 Å². The lowest BCUT2D eigenvalue weighted by molar-refractivity contribution is -0.127. The molecule has 0 unspecified atom stereocenters. The molecule has 0 radical (unpaired) electrons. The first-order chi connectivity index (χ1) is 11.2. The van der Waals surface area contributed by atoms with Crippen molar-refractivity contribution in [3.05, 3.63) is 34.9 Å². The molecule has 1 aliphatic heterocycles. The highest BCUT2D eigenvalue weighted by molar-refractivity contribution is 6.30. The number of hydrogen-bond acceptors (Lipinski definition) is 2. The second-order valence-corrected chi connectivity index (χ2v) is 7.46. The molecule has 0 spiro atoms. The number of amides is 1. The number of hydrogen-bond donors (Lipinski definition) is 1. The van der Waals surface area contributed by atoms with Gasteiger partial charge >= 0.3 is 0 Å². The topological polar surface area (TPSA) is 32.3 Å². The number of rotatable bonds is 4. The van der Waals surface area contributed by atoms with E-state index in [1.54, 1.807) is 0 Å². The maximum absolute atomic E-state index is 12.4. The number of nitrogens with zero attached hydrogens (tertiary/aromatic N) is 1. The van der Waals surface area contributed by atoms with Crippen LogP contribution in [-0.4, -0.2) is 29.9 Å². The van der Waals surface area contributed by atoms with Crippen LogP contribution in [0.15, 0.2) is 24.3 Å². The maximum atomic E-state index is 12.4. The van der Waals surface area contributed by atoms with Crippen molar-refractivity contribution in [3.8, 4) is 0 Å². The van der Waals surface area contributed by atoms with Crippen molar-refractivity contribution < 1.29 is 4.79 Å². The molecule has 1 aromatic rings. The minimum absolute atomic E-state index is 0.201. The summed E-state index contributed by atoms with van der Waals surface area (Å²) in [4.78, 5) is 14.9. The smallest absolute Gasteiger partial charge is 0.223 e. The average Bonchev–Trinajstić information content (AvgIpc) is 2.56. The highest BCUT2D eigenvalue weighted by Crippen LogP contribution is 2.22. The molecule has 1 saturated carbocycles. The van der Waals surface area contributed by atoms with Crippen LogP contribution in [0.5, 0.6) is 0 Å². The molecule has 1 heterocycles. The highest BCUT2D eigenvalue weighted by atomic mass is 35.5. The van der Waals surface area contributed by atoms with Crippen LogP contribution in [0.4, 0.5) is 0 Å². The normalized spacial score (nSPS) is 21.3. The first kappa shape index (κ1) is 16.8. The molecule has 1 saturated heterocycles. The lowest BCUT2D eigenvalue weighted by atomic mass is 9.92. The quantitative estimate of drug-likeness (QED) is 0.902. The fourth-order valence-electron chi connectivity index (χ4n) is 3.81. The largest absolute Gasteiger partial charge is 0.353 e. The third kappa shape index (κ3) is 4.95. The Balaban J connectivity index is 1.43. The van der Waals surface area contributed by atoms with Gasteiger partial charge in [-0.15, -0.1) is 0 Å². The van der Waals surface area contributed by atoms with E-state index in [0.29, 0.717) is 11.9 Å². The standard InChI is InChI=1S/C19H27ClN2O/c20-17-6-4-5-15(13-17)14-22-11-9-16(10-12-22)19(23)21-18-7-2-1-3-8-18/h4-6,13,16,18H,1-3,7-12,14H2,(H,21,23). The lowest BCUT2D eigenvalue weighted by Crippen LogP contribution is -2.44. The molecule has 23 heavy (non-hydrogen) atoms. The first-order valence-corrected chi connectivity index (χ1v) is 9.36. The number of likely N-dealkylation sites (tertiary alicyclic amines) is 1. The molecule has 2 aliphatic rings. The molecule has 3 nitrogen and oxygen atoms in total. The van der Waals surface area contributed by atoms with Gasteiger partial charge in [0.2, 0.25) is 5.91 Å². The van der Waals surface area contributed by atoms with Gasteiger partial charge in [0.15, 0.2) is 0 Å². The van der Waals surface area contributed by atoms with Crippen LogP contribution in [-0.2, 0) is 11.3 Å². The van der Waals surface area contributed by atoms with Crippen molar-refractivity contribution in [1.29, 1.82) is 0 Å². The van der Waals surface area contributed by atoms with Crippen LogP contribution in [0.25, 0.3) is 0 Å². The summed E-state index contributed by atoms with van der Waals surface area (Å²) in [6.45, 7) is 2.92. The predicted molar refractivity (Wildman–Crippen MR) is 94.5 cm³/mol. The molecular weight excluding hydrogens is 308 g/mol. The lowest BCUT2D eigenvalue weighted by Gasteiger charge is -2.32. The van der Waals surface area contributed by atoms with Crippen LogP contribution in [0.3, 0.4) is 0 Å². The number of carbonyl (C=O) groups is 1. The van der Waals surface area contributed by atoms with Gasteiger partial charge in [0.1, 0.15) is 0 Å². The Bertz CT molecular complexity index is 520. The maximum Gasteiger partial charge on any atom is 0.223 e. The van der Waals surface area contributed by atoms with Gasteiger partial charge in [0.05, 0.1) is 0 Å². The summed E-state index contributed by atoms with van der Waals surface area (Å²) in [7, 11) is 0. The zero-order chi connectivity index (χ0) is 16.1. The Kier molecular flexibility index (Phi) is 5.96. The van der Waals surface area contributed by atoms with Crippen molar-refractivity contribution in [2.45, 2.75) is 57.5 Å². The molecule has 1 aromatic carbocycles. The van der Waals surface area contributed by atoms with Crippen molar-refractivity contribution in [1.82, 2.24) is 10.2 Å². The fourth-order valence-corrected chi connectivity index (χ4v) is 4.03. The molecule has 1 aliphatic carbocycles. The summed E-state index contributed by atoms with van der Waals surface area (Å²) >= 11 is 6.05. The SMILES string of the molecule is O=C(NC1CCCCC1)C1CCN(Cc2cccc(Cl)c2)CC1. The number of carbonyl (C=O) groups excluding carboxylic acids is 1. The van der Waals surface area contributed by atoms with Gasteiger partial charge in [-0.25, -0.2) is 0 Å². The van der Waals surface area contributed by atoms with Gasteiger partial charge in [-0.3, -0.25) is 9.69 Å². The number of halogens is 1. The fraction of sp³-hybridized carbons (Fsp3) is 0.632. The third-order valence-electron chi connectivity index (χ3n) is 5.21. The molecular formula is C19H27ClN2O. The van der Waals surface area contributed by atoms with E-state index in [9.17, 15) is 4.79 Å². The molecule has 126 valence electrons. The minimum atomic E-state index is 0.201. The molecule has 3 rings (SSSR count). The average molecular weight is 335 g/mol. The zero-order valence-electron chi connectivity index (χ0n) is 13.8. The summed E-state index contributed by atoms with van der Waals surface area (Å²) < 4.78 is 0. The van der Waals surface area contributed by atoms with E-state index in [2.05, 4.69) is 16.3 Å². The van der Waals surface area contributed by atoms with Gasteiger partial charge in [-0.1, -0.05) is 43.0 Å². The highest BCUT2D eigenvalue weighted by Gasteiger charge is 2.26. The van der Waals surface area contributed by atoms with Gasteiger partial charge in [0, 0.05) is 23.5 Å². The van der Waals surface area contributed by atoms with E-state index in [1.165, 1.54) is 37.7 Å². The van der Waals surface area contributed by atoms with Gasteiger partial charge < -0.3 is 5.32 Å². The molecule has 4 heteroatoms. The second kappa shape index (κ2) is 8.16. The van der Waals surface area contributed by atoms with E-state index in [-0.39, 0.29) is 5.92 Å². The van der Waals surface area contributed by atoms with Gasteiger partial charge in [-0.05, 0) is 56.5 Å². The van der Waals surface area contributed by atoms with Gasteiger partial charge in [0.25, 0.3) is 0 Å². The van der Waals surface area contributed by atoms with Crippen LogP contribution in [0, 0.1) is 5.92 Å². The van der Waals surface area contributed by atoms with Crippen LogP contribution in [0.2, 0.25) is 5.02 Å². The molecule has 1 amide bonds. The Labute approximate surface area is 144 Å². The molecule has 0 atom stereocenters. The summed E-state index contributed by atoms with van der Waals surface area (Å²) in [6, 6.07) is 8.49. The predicted octanol–water partition coefficient (Wildman–Crippen LogP) is 4.00. The van der Waals surface area contributed by atoms with Crippen LogP contribution in [0.1, 0.15) is 50.5 Å². The summed E-state index contributed by atoms with van der Waals surface area (Å²) in [6.07, 6.45) is 8.14. The van der Waals surface area contributed by atoms with E-state index in [1.807, 2.05) is 18.2 Å². The summed E-state index contributed by atoms with van der Waals surface area (Å²) in [5.74, 6) is 0.492. The Morgan fingerprint density at radius 3 is 2.57 bits per heavy atom. The number of benzene rings is 1. The Hall–Kier alpha value is -1.06. The summed E-state index contributed by atoms with van der Waals surface area (Å²) in [5, 5.41) is 4.08. The third-order valence-corrected chi connectivity index (χ3v) is 5.44. The van der Waals surface area contributed by atoms with Gasteiger partial charge in [-0.2, -0.15) is 0 Å². The molecule has 2 fully saturated rings. The minimum Gasteiger partial charge on any atom is -0.353 e. The monoisotopic (exact) mass is 334 g/mol. The second-order valence-electron chi connectivity index (χ2n) is 7.02. The van der Waals surface area contributed by atoms with Crippen molar-refractivity contribution in [2.24, 2.45) is 5.92 Å². The Morgan fingerprint density at radius 1 is 1.13 bits per heavy atom. The van der Waals surface area contributed by atoms with E-state index >= 15 is 0 Å². The van der Waals surface area contributed by atoms with Crippen molar-refractivity contribution >= 4 is 17.5 Å². The molecule has 0 bridgehead atoms. The van der Waals surface area contributed by atoms with Crippen molar-refractivity contribution in [2.75, 3.05) is 13.1 Å². The number of piperidine rings is 1. The molecule has 0 aromatic heterocycles. The zero-order valence-corrected chi connectivity index (χ0v) is 14.5. The molecule has 1 N–H and O–H groups in total. The van der Waals surface area contributed by atoms with Crippen molar-refractivity contribution in [3.63, 3.8) is 0 Å². The first-order valence-electron chi connectivity index (χ1n) is 8.98. The van der Waals surface area contributed by atoms with Crippen LogP contribution < -0.4 is 5.32 Å². The Morgan fingerprint density at radius 2 is 1.87 bits per heavy atom.